The maximum Gasteiger partial charge on any atom is 0.247 e. The van der Waals surface area contributed by atoms with E-state index in [2.05, 4.69) is 9.97 Å². The van der Waals surface area contributed by atoms with Crippen LogP contribution in [-0.4, -0.2) is 14.7 Å². The molecule has 0 unspecified atom stereocenters. The van der Waals surface area contributed by atoms with E-state index in [9.17, 15) is 10.0 Å². The smallest absolute Gasteiger partial charge is 0.247 e. The lowest BCUT2D eigenvalue weighted by molar-refractivity contribution is 1.02. The van der Waals surface area contributed by atoms with E-state index >= 15 is 0 Å². The summed E-state index contributed by atoms with van der Waals surface area (Å²) in [6, 6.07) is 2.71. The van der Waals surface area contributed by atoms with Crippen molar-refractivity contribution < 1.29 is 0 Å². The molecule has 0 aliphatic heterocycles. The predicted octanol–water partition coefficient (Wildman–Crippen LogP) is 0.137. The molecule has 0 aromatic carbocycles. The van der Waals surface area contributed by atoms with Crippen LogP contribution in [0.3, 0.4) is 0 Å². The van der Waals surface area contributed by atoms with E-state index < -0.39 is 5.56 Å². The van der Waals surface area contributed by atoms with Gasteiger partial charge in [-0.2, -0.15) is 0 Å². The monoisotopic (exact) mass is 162 g/mol. The highest BCUT2D eigenvalue weighted by Gasteiger charge is 1.95. The summed E-state index contributed by atoms with van der Waals surface area (Å²) in [4.78, 5) is 18.2. The minimum atomic E-state index is -0.610. The van der Waals surface area contributed by atoms with Crippen LogP contribution in [0.1, 0.15) is 0 Å². The fraction of sp³-hybridized carbons (Fsp3) is 0. The van der Waals surface area contributed by atoms with Gasteiger partial charge in [0.2, 0.25) is 5.56 Å². The molecule has 0 spiro atoms. The van der Waals surface area contributed by atoms with E-state index in [0.29, 0.717) is 5.39 Å². The molecule has 0 N–H and O–H groups in total. The summed E-state index contributed by atoms with van der Waals surface area (Å²) < 4.78 is 0.247. The summed E-state index contributed by atoms with van der Waals surface area (Å²) in [5, 5.41) is 11.6. The first-order valence-electron chi connectivity index (χ1n) is 3.28. The molecule has 60 valence electrons. The zero-order valence-corrected chi connectivity index (χ0v) is 5.97. The van der Waals surface area contributed by atoms with E-state index in [0.717, 1.165) is 0 Å². The van der Waals surface area contributed by atoms with E-state index in [-0.39, 0.29) is 10.4 Å². The first-order valence-corrected chi connectivity index (χ1v) is 3.28. The van der Waals surface area contributed by atoms with Crippen molar-refractivity contribution in [3.8, 4) is 0 Å². The Morgan fingerprint density at radius 2 is 2.25 bits per heavy atom. The van der Waals surface area contributed by atoms with Crippen LogP contribution in [0.5, 0.6) is 0 Å². The second kappa shape index (κ2) is 2.30. The Balaban J connectivity index is 3.01. The van der Waals surface area contributed by atoms with Crippen LogP contribution >= 0.6 is 0 Å². The number of fused-ring (bicyclic) bond motifs is 1. The van der Waals surface area contributed by atoms with Gasteiger partial charge in [0.25, 0.3) is 0 Å². The molecule has 2 aromatic heterocycles. The van der Waals surface area contributed by atoms with Gasteiger partial charge in [-0.3, -0.25) is 4.79 Å². The minimum Gasteiger partial charge on any atom is -0.802 e. The number of rotatable bonds is 0. The summed E-state index contributed by atoms with van der Waals surface area (Å²) in [7, 11) is 0. The standard InChI is InChI=1S/C7H4N3O2/c11-6-2-1-5-3-8-4-9-7(5)10(6)12/h1-4H/q-1. The van der Waals surface area contributed by atoms with Gasteiger partial charge in [-0.1, -0.05) is 0 Å². The average molecular weight is 162 g/mol. The van der Waals surface area contributed by atoms with E-state index in [1.807, 2.05) is 0 Å². The normalized spacial score (nSPS) is 10.3. The Morgan fingerprint density at radius 1 is 1.42 bits per heavy atom. The van der Waals surface area contributed by atoms with Gasteiger partial charge < -0.3 is 9.94 Å². The molecule has 0 aliphatic rings. The third-order valence-corrected chi connectivity index (χ3v) is 1.52. The molecule has 0 radical (unpaired) electrons. The molecule has 2 heterocycles. The first kappa shape index (κ1) is 6.78. The van der Waals surface area contributed by atoms with Gasteiger partial charge in [-0.05, 0) is 6.07 Å². The molecule has 0 atom stereocenters. The van der Waals surface area contributed by atoms with Crippen LogP contribution in [0.2, 0.25) is 0 Å². The van der Waals surface area contributed by atoms with Crippen molar-refractivity contribution in [2.75, 3.05) is 0 Å². The zero-order chi connectivity index (χ0) is 8.55. The molecule has 12 heavy (non-hydrogen) atoms. The number of hydrogen-bond donors (Lipinski definition) is 0. The molecule has 5 nitrogen and oxygen atoms in total. The van der Waals surface area contributed by atoms with Crippen LogP contribution in [0, 0.1) is 5.21 Å². The lowest BCUT2D eigenvalue weighted by Gasteiger charge is -2.10. The Labute approximate surface area is 66.9 Å². The lowest BCUT2D eigenvalue weighted by Crippen LogP contribution is -2.14. The van der Waals surface area contributed by atoms with Crippen molar-refractivity contribution in [3.05, 3.63) is 40.2 Å². The summed E-state index contributed by atoms with van der Waals surface area (Å²) in [6.45, 7) is 0. The largest absolute Gasteiger partial charge is 0.802 e. The maximum absolute atomic E-state index is 11.0. The van der Waals surface area contributed by atoms with Crippen molar-refractivity contribution in [1.29, 1.82) is 0 Å². The van der Waals surface area contributed by atoms with Gasteiger partial charge in [0.05, 0.1) is 0 Å². The van der Waals surface area contributed by atoms with Crippen molar-refractivity contribution in [2.24, 2.45) is 0 Å². The van der Waals surface area contributed by atoms with Crippen LogP contribution < -0.4 is 5.56 Å². The second-order valence-corrected chi connectivity index (χ2v) is 2.27. The Kier molecular flexibility index (Phi) is 1.30. The van der Waals surface area contributed by atoms with Crippen molar-refractivity contribution in [1.82, 2.24) is 14.7 Å². The summed E-state index contributed by atoms with van der Waals surface area (Å²) in [5.74, 6) is 0. The molecular formula is C7H4N3O2-. The fourth-order valence-electron chi connectivity index (χ4n) is 0.954. The Bertz CT molecular complexity index is 477. The maximum atomic E-state index is 11.0. The average Bonchev–Trinajstić information content (AvgIpc) is 2.12. The molecule has 0 saturated heterocycles. The predicted molar refractivity (Wildman–Crippen MR) is 42.6 cm³/mol. The van der Waals surface area contributed by atoms with Gasteiger partial charge in [0, 0.05) is 17.6 Å². The highest BCUT2D eigenvalue weighted by atomic mass is 16.5. The molecular weight excluding hydrogens is 158 g/mol. The van der Waals surface area contributed by atoms with Gasteiger partial charge in [-0.15, -0.1) is 0 Å². The van der Waals surface area contributed by atoms with Crippen LogP contribution in [-0.2, 0) is 0 Å². The summed E-state index contributed by atoms with van der Waals surface area (Å²) >= 11 is 0. The lowest BCUT2D eigenvalue weighted by atomic mass is 10.3. The Morgan fingerprint density at radius 3 is 3.08 bits per heavy atom. The molecule has 5 heteroatoms. The van der Waals surface area contributed by atoms with Gasteiger partial charge >= 0.3 is 0 Å². The SMILES string of the molecule is O=c1ccc2cncnc2n1[O-]. The van der Waals surface area contributed by atoms with E-state index in [1.54, 1.807) is 0 Å². The second-order valence-electron chi connectivity index (χ2n) is 2.27. The van der Waals surface area contributed by atoms with Crippen LogP contribution in [0.4, 0.5) is 0 Å². The summed E-state index contributed by atoms with van der Waals surface area (Å²) in [6.07, 6.45) is 2.71. The molecule has 2 aromatic rings. The number of nitrogens with zero attached hydrogens (tertiary/aromatic N) is 3. The molecule has 2 rings (SSSR count). The van der Waals surface area contributed by atoms with Crippen molar-refractivity contribution >= 4 is 11.0 Å². The van der Waals surface area contributed by atoms with Crippen molar-refractivity contribution in [2.45, 2.75) is 0 Å². The van der Waals surface area contributed by atoms with E-state index in [4.69, 9.17) is 0 Å². The third kappa shape index (κ3) is 0.833. The molecule has 0 amide bonds. The third-order valence-electron chi connectivity index (χ3n) is 1.52. The van der Waals surface area contributed by atoms with Gasteiger partial charge in [0.15, 0.2) is 0 Å². The fourth-order valence-corrected chi connectivity index (χ4v) is 0.954. The topological polar surface area (TPSA) is 70.8 Å². The van der Waals surface area contributed by atoms with Gasteiger partial charge in [-0.25, -0.2) is 9.97 Å². The molecule has 0 saturated carbocycles. The molecule has 0 aliphatic carbocycles. The van der Waals surface area contributed by atoms with Crippen LogP contribution in [0.25, 0.3) is 11.0 Å². The van der Waals surface area contributed by atoms with Crippen LogP contribution in [0.15, 0.2) is 29.5 Å². The number of aromatic nitrogens is 3. The molecule has 0 fully saturated rings. The zero-order valence-electron chi connectivity index (χ0n) is 5.97. The van der Waals surface area contributed by atoms with Crippen molar-refractivity contribution in [3.63, 3.8) is 0 Å². The first-order chi connectivity index (χ1) is 5.79. The quantitative estimate of drug-likeness (QED) is 0.552. The van der Waals surface area contributed by atoms with E-state index in [1.165, 1.54) is 24.7 Å². The Hall–Kier alpha value is -1.91. The summed E-state index contributed by atoms with van der Waals surface area (Å²) in [5.41, 5.74) is -0.501. The highest BCUT2D eigenvalue weighted by Crippen LogP contribution is 2.03. The highest BCUT2D eigenvalue weighted by molar-refractivity contribution is 5.73. The van der Waals surface area contributed by atoms with Gasteiger partial charge in [0.1, 0.15) is 12.0 Å². The number of pyridine rings is 1. The molecule has 0 bridgehead atoms. The minimum absolute atomic E-state index is 0.109. The number of hydrogen-bond acceptors (Lipinski definition) is 4.